The van der Waals surface area contributed by atoms with Crippen molar-refractivity contribution in [1.29, 1.82) is 0 Å². The van der Waals surface area contributed by atoms with Crippen LogP contribution in [0.1, 0.15) is 34.8 Å². The number of sulfonamides is 1. The number of nitrogens with one attached hydrogen (secondary N) is 2. The fourth-order valence-corrected chi connectivity index (χ4v) is 4.70. The molecule has 142 valence electrons. The van der Waals surface area contributed by atoms with Crippen LogP contribution in [-0.2, 0) is 10.0 Å². The first kappa shape index (κ1) is 16.9. The van der Waals surface area contributed by atoms with Gasteiger partial charge in [-0.15, -0.1) is 0 Å². The summed E-state index contributed by atoms with van der Waals surface area (Å²) in [4.78, 5) is 16.8. The van der Waals surface area contributed by atoms with Crippen molar-refractivity contribution in [2.24, 2.45) is 5.92 Å². The van der Waals surface area contributed by atoms with Crippen molar-refractivity contribution in [2.45, 2.75) is 23.8 Å². The Hall–Kier alpha value is -3.20. The molecular weight excluding hydrogens is 378 g/mol. The van der Waals surface area contributed by atoms with E-state index in [-0.39, 0.29) is 28.4 Å². The van der Waals surface area contributed by atoms with Crippen LogP contribution in [0.5, 0.6) is 0 Å². The van der Waals surface area contributed by atoms with Gasteiger partial charge in [0.15, 0.2) is 0 Å². The molecule has 8 nitrogen and oxygen atoms in total. The predicted molar refractivity (Wildman–Crippen MR) is 102 cm³/mol. The van der Waals surface area contributed by atoms with Gasteiger partial charge < -0.3 is 5.32 Å². The summed E-state index contributed by atoms with van der Waals surface area (Å²) in [7, 11) is -3.82. The lowest BCUT2D eigenvalue weighted by atomic mass is 10.0. The second kappa shape index (κ2) is 6.16. The molecule has 2 aliphatic rings. The zero-order valence-corrected chi connectivity index (χ0v) is 15.6. The number of fused-ring (bicyclic) bond motifs is 3. The average molecular weight is 395 g/mol. The predicted octanol–water partition coefficient (Wildman–Crippen LogP) is 2.26. The van der Waals surface area contributed by atoms with Crippen molar-refractivity contribution in [3.8, 4) is 5.69 Å². The van der Waals surface area contributed by atoms with Crippen molar-refractivity contribution < 1.29 is 13.2 Å². The van der Waals surface area contributed by atoms with Gasteiger partial charge in [-0.2, -0.15) is 14.8 Å². The molecule has 1 unspecified atom stereocenters. The summed E-state index contributed by atoms with van der Waals surface area (Å²) in [6.45, 7) is 0. The molecule has 1 aromatic heterocycles. The summed E-state index contributed by atoms with van der Waals surface area (Å²) < 4.78 is 28.9. The number of benzene rings is 2. The minimum absolute atomic E-state index is 0.000771. The van der Waals surface area contributed by atoms with Crippen molar-refractivity contribution >= 4 is 21.9 Å². The Balaban J connectivity index is 1.48. The highest BCUT2D eigenvalue weighted by atomic mass is 32.2. The van der Waals surface area contributed by atoms with Crippen LogP contribution in [0.3, 0.4) is 0 Å². The molecule has 3 aromatic rings. The van der Waals surface area contributed by atoms with E-state index in [1.54, 1.807) is 12.1 Å². The highest BCUT2D eigenvalue weighted by Gasteiger charge is 2.34. The van der Waals surface area contributed by atoms with Crippen LogP contribution in [0.25, 0.3) is 5.69 Å². The van der Waals surface area contributed by atoms with Gasteiger partial charge in [0.25, 0.3) is 15.9 Å². The number of carbonyl (C=O) groups is 1. The van der Waals surface area contributed by atoms with E-state index >= 15 is 0 Å². The number of hydrogen-bond donors (Lipinski definition) is 2. The van der Waals surface area contributed by atoms with Gasteiger partial charge in [0.05, 0.1) is 11.7 Å². The molecule has 0 bridgehead atoms. The SMILES string of the molecule is O=C(NC(c1ccccc1)C1CC1)c1ccc2c(c1)S(=O)(=O)Nc1ncnn1-2. The van der Waals surface area contributed by atoms with Crippen LogP contribution in [0.2, 0.25) is 0 Å². The van der Waals surface area contributed by atoms with Gasteiger partial charge in [-0.3, -0.25) is 4.79 Å². The molecule has 1 aliphatic heterocycles. The second-order valence-electron chi connectivity index (χ2n) is 6.98. The van der Waals surface area contributed by atoms with Crippen LogP contribution in [0, 0.1) is 5.92 Å². The monoisotopic (exact) mass is 395 g/mol. The maximum atomic E-state index is 12.9. The highest BCUT2D eigenvalue weighted by molar-refractivity contribution is 7.93. The number of carbonyl (C=O) groups excluding carboxylic acids is 1. The standard InChI is InChI=1S/C19H17N5O3S/c25-18(22-17(13-6-7-13)12-4-2-1-3-5-12)14-8-9-15-16(10-14)28(26,27)23-19-20-11-21-24(15)19/h1-5,8-11,13,17H,6-7H2,(H,22,25)(H,20,21,23). The second-order valence-corrected chi connectivity index (χ2v) is 8.63. The van der Waals surface area contributed by atoms with Gasteiger partial charge in [-0.05, 0) is 42.5 Å². The first-order valence-corrected chi connectivity index (χ1v) is 10.4. The molecule has 1 aliphatic carbocycles. The lowest BCUT2D eigenvalue weighted by Crippen LogP contribution is -2.30. The fourth-order valence-electron chi connectivity index (χ4n) is 3.50. The van der Waals surface area contributed by atoms with Crippen LogP contribution in [-0.4, -0.2) is 29.1 Å². The third-order valence-corrected chi connectivity index (χ3v) is 6.41. The molecule has 9 heteroatoms. The zero-order valence-electron chi connectivity index (χ0n) is 14.7. The maximum Gasteiger partial charge on any atom is 0.266 e. The topological polar surface area (TPSA) is 106 Å². The minimum Gasteiger partial charge on any atom is -0.345 e. The quantitative estimate of drug-likeness (QED) is 0.705. The van der Waals surface area contributed by atoms with E-state index in [9.17, 15) is 13.2 Å². The van der Waals surface area contributed by atoms with E-state index in [1.807, 2.05) is 30.3 Å². The van der Waals surface area contributed by atoms with Crippen LogP contribution < -0.4 is 10.0 Å². The van der Waals surface area contributed by atoms with Crippen LogP contribution in [0.4, 0.5) is 5.95 Å². The Kier molecular flexibility index (Phi) is 3.73. The van der Waals surface area contributed by atoms with E-state index in [0.717, 1.165) is 18.4 Å². The molecule has 5 rings (SSSR count). The Morgan fingerprint density at radius 2 is 1.96 bits per heavy atom. The van der Waals surface area contributed by atoms with E-state index in [1.165, 1.54) is 17.1 Å². The van der Waals surface area contributed by atoms with E-state index in [0.29, 0.717) is 11.6 Å². The molecule has 1 saturated carbocycles. The van der Waals surface area contributed by atoms with Gasteiger partial charge in [0, 0.05) is 5.56 Å². The maximum absolute atomic E-state index is 12.9. The van der Waals surface area contributed by atoms with Gasteiger partial charge >= 0.3 is 0 Å². The largest absolute Gasteiger partial charge is 0.345 e. The molecule has 1 fully saturated rings. The summed E-state index contributed by atoms with van der Waals surface area (Å²) in [5, 5.41) is 7.11. The first-order chi connectivity index (χ1) is 13.5. The normalized spacial score (nSPS) is 17.7. The number of hydrogen-bond acceptors (Lipinski definition) is 5. The summed E-state index contributed by atoms with van der Waals surface area (Å²) in [6, 6.07) is 14.3. The zero-order chi connectivity index (χ0) is 19.3. The average Bonchev–Trinajstić information content (AvgIpc) is 3.44. The van der Waals surface area contributed by atoms with E-state index in [4.69, 9.17) is 0 Å². The molecule has 1 amide bonds. The molecule has 2 heterocycles. The summed E-state index contributed by atoms with van der Waals surface area (Å²) >= 11 is 0. The Morgan fingerprint density at radius 1 is 1.18 bits per heavy atom. The Bertz CT molecular complexity index is 1170. The van der Waals surface area contributed by atoms with Crippen molar-refractivity contribution in [2.75, 3.05) is 4.72 Å². The van der Waals surface area contributed by atoms with Gasteiger partial charge in [0.2, 0.25) is 5.95 Å². The van der Waals surface area contributed by atoms with Crippen molar-refractivity contribution in [1.82, 2.24) is 20.1 Å². The van der Waals surface area contributed by atoms with Crippen molar-refractivity contribution in [3.05, 3.63) is 66.0 Å². The van der Waals surface area contributed by atoms with Crippen molar-refractivity contribution in [3.63, 3.8) is 0 Å². The molecule has 28 heavy (non-hydrogen) atoms. The summed E-state index contributed by atoms with van der Waals surface area (Å²) in [5.74, 6) is 0.234. The molecular formula is C19H17N5O3S. The molecule has 1 atom stereocenters. The summed E-state index contributed by atoms with van der Waals surface area (Å²) in [5.41, 5.74) is 1.71. The lowest BCUT2D eigenvalue weighted by molar-refractivity contribution is 0.0931. The number of anilines is 1. The minimum atomic E-state index is -3.82. The summed E-state index contributed by atoms with van der Waals surface area (Å²) in [6.07, 6.45) is 3.41. The number of aromatic nitrogens is 3. The number of amides is 1. The molecule has 0 radical (unpaired) electrons. The Labute approximate surface area is 161 Å². The number of rotatable bonds is 4. The smallest absolute Gasteiger partial charge is 0.266 e. The molecule has 0 saturated heterocycles. The van der Waals surface area contributed by atoms with Gasteiger partial charge in [-0.1, -0.05) is 30.3 Å². The van der Waals surface area contributed by atoms with Gasteiger partial charge in [-0.25, -0.2) is 13.1 Å². The van der Waals surface area contributed by atoms with Gasteiger partial charge in [0.1, 0.15) is 11.2 Å². The third-order valence-electron chi connectivity index (χ3n) is 5.05. The molecule has 0 spiro atoms. The molecule has 2 N–H and O–H groups in total. The Morgan fingerprint density at radius 3 is 2.71 bits per heavy atom. The highest BCUT2D eigenvalue weighted by Crippen LogP contribution is 2.41. The number of nitrogens with zero attached hydrogens (tertiary/aromatic N) is 3. The lowest BCUT2D eigenvalue weighted by Gasteiger charge is -2.21. The van der Waals surface area contributed by atoms with Crippen LogP contribution in [0.15, 0.2) is 59.8 Å². The fraction of sp³-hybridized carbons (Fsp3) is 0.211. The van der Waals surface area contributed by atoms with E-state index < -0.39 is 10.0 Å². The first-order valence-electron chi connectivity index (χ1n) is 8.96. The van der Waals surface area contributed by atoms with E-state index in [2.05, 4.69) is 20.1 Å². The van der Waals surface area contributed by atoms with Crippen LogP contribution >= 0.6 is 0 Å². The third kappa shape index (κ3) is 2.84. The molecule has 2 aromatic carbocycles.